The van der Waals surface area contributed by atoms with Gasteiger partial charge < -0.3 is 4.74 Å². The maximum Gasteiger partial charge on any atom is 0.166 e. The lowest BCUT2D eigenvalue weighted by molar-refractivity contribution is 0.0692. The Morgan fingerprint density at radius 1 is 1.29 bits per heavy atom. The van der Waals surface area contributed by atoms with Crippen LogP contribution in [0.15, 0.2) is 43.0 Å². The Bertz CT molecular complexity index is 500. The van der Waals surface area contributed by atoms with Crippen molar-refractivity contribution in [1.82, 2.24) is 0 Å². The summed E-state index contributed by atoms with van der Waals surface area (Å²) in [6.07, 6.45) is 8.83. The molecule has 1 spiro atoms. The van der Waals surface area contributed by atoms with Crippen LogP contribution in [0.2, 0.25) is 0 Å². The monoisotopic (exact) mass is 284 g/mol. The number of hydrogen-bond donors (Lipinski definition) is 0. The van der Waals surface area contributed by atoms with Crippen LogP contribution in [0.1, 0.15) is 48.9 Å². The molecule has 0 amide bonds. The van der Waals surface area contributed by atoms with Crippen LogP contribution >= 0.6 is 0 Å². The number of carbonyl (C=O) groups is 1. The van der Waals surface area contributed by atoms with Crippen molar-refractivity contribution in [2.75, 3.05) is 6.61 Å². The van der Waals surface area contributed by atoms with E-state index in [9.17, 15) is 4.79 Å². The van der Waals surface area contributed by atoms with Crippen LogP contribution in [-0.4, -0.2) is 18.5 Å². The Morgan fingerprint density at radius 3 is 2.67 bits per heavy atom. The van der Waals surface area contributed by atoms with E-state index in [1.54, 1.807) is 6.08 Å². The summed E-state index contributed by atoms with van der Waals surface area (Å²) in [5.74, 6) is 0.458. The smallest absolute Gasteiger partial charge is 0.166 e. The van der Waals surface area contributed by atoms with E-state index in [1.807, 2.05) is 30.3 Å². The van der Waals surface area contributed by atoms with E-state index < -0.39 is 0 Å². The van der Waals surface area contributed by atoms with Crippen molar-refractivity contribution < 1.29 is 9.53 Å². The van der Waals surface area contributed by atoms with Gasteiger partial charge in [-0.15, -0.1) is 6.58 Å². The average molecular weight is 284 g/mol. The Kier molecular flexibility index (Phi) is 4.25. The Labute approximate surface area is 127 Å². The number of ether oxygens (including phenoxy) is 1. The van der Waals surface area contributed by atoms with Gasteiger partial charge in [0, 0.05) is 11.5 Å². The molecule has 2 unspecified atom stereocenters. The summed E-state index contributed by atoms with van der Waals surface area (Å²) in [6.45, 7) is 4.31. The molecule has 0 aromatic heterocycles. The van der Waals surface area contributed by atoms with Gasteiger partial charge in [-0.1, -0.05) is 49.2 Å². The molecule has 0 N–H and O–H groups in total. The topological polar surface area (TPSA) is 26.3 Å². The van der Waals surface area contributed by atoms with Crippen LogP contribution in [-0.2, 0) is 4.74 Å². The first kappa shape index (κ1) is 14.5. The summed E-state index contributed by atoms with van der Waals surface area (Å²) < 4.78 is 5.88. The Balaban J connectivity index is 1.81. The summed E-state index contributed by atoms with van der Waals surface area (Å²) in [5, 5.41) is 0. The van der Waals surface area contributed by atoms with Crippen LogP contribution in [0.3, 0.4) is 0 Å². The first-order valence-corrected chi connectivity index (χ1v) is 8.07. The van der Waals surface area contributed by atoms with Gasteiger partial charge in [-0.25, -0.2) is 0 Å². The molecule has 2 atom stereocenters. The molecular formula is C19H24O2. The molecule has 112 valence electrons. The second kappa shape index (κ2) is 6.15. The second-order valence-electron chi connectivity index (χ2n) is 6.54. The van der Waals surface area contributed by atoms with Gasteiger partial charge in [0.2, 0.25) is 0 Å². The number of benzene rings is 1. The first-order valence-electron chi connectivity index (χ1n) is 8.07. The molecule has 2 aliphatic rings. The summed E-state index contributed by atoms with van der Waals surface area (Å²) in [6, 6.07) is 9.77. The van der Waals surface area contributed by atoms with E-state index in [2.05, 4.69) is 6.58 Å². The number of rotatable bonds is 5. The fourth-order valence-corrected chi connectivity index (χ4v) is 4.34. The maximum atomic E-state index is 13.0. The number of Topliss-reactive ketones (excluding diaryl/α,β-unsaturated/α-hetero) is 1. The molecule has 2 aliphatic carbocycles. The molecule has 2 saturated carbocycles. The van der Waals surface area contributed by atoms with E-state index in [0.29, 0.717) is 12.4 Å². The zero-order chi connectivity index (χ0) is 14.7. The van der Waals surface area contributed by atoms with Crippen molar-refractivity contribution in [3.8, 4) is 0 Å². The summed E-state index contributed by atoms with van der Waals surface area (Å²) in [5.41, 5.74) is 1.05. The lowest BCUT2D eigenvalue weighted by Crippen LogP contribution is -2.28. The molecule has 2 heteroatoms. The third-order valence-electron chi connectivity index (χ3n) is 5.30. The Hall–Kier alpha value is -1.41. The largest absolute Gasteiger partial charge is 0.374 e. The molecule has 0 heterocycles. The van der Waals surface area contributed by atoms with Gasteiger partial charge in [-0.3, -0.25) is 4.79 Å². The van der Waals surface area contributed by atoms with Crippen LogP contribution < -0.4 is 0 Å². The zero-order valence-corrected chi connectivity index (χ0v) is 12.6. The average Bonchev–Trinajstić information content (AvgIpc) is 3.13. The predicted molar refractivity (Wildman–Crippen MR) is 84.3 cm³/mol. The molecule has 21 heavy (non-hydrogen) atoms. The van der Waals surface area contributed by atoms with E-state index in [-0.39, 0.29) is 17.4 Å². The molecule has 2 nitrogen and oxygen atoms in total. The predicted octanol–water partition coefficient (Wildman–Crippen LogP) is 4.41. The molecule has 0 aliphatic heterocycles. The van der Waals surface area contributed by atoms with Crippen molar-refractivity contribution in [1.29, 1.82) is 0 Å². The molecule has 0 radical (unpaired) electrons. The van der Waals surface area contributed by atoms with Crippen molar-refractivity contribution in [3.63, 3.8) is 0 Å². The fraction of sp³-hybridized carbons (Fsp3) is 0.526. The van der Waals surface area contributed by atoms with Gasteiger partial charge in [0.1, 0.15) is 0 Å². The van der Waals surface area contributed by atoms with Crippen molar-refractivity contribution in [3.05, 3.63) is 48.6 Å². The van der Waals surface area contributed by atoms with Gasteiger partial charge in [0.15, 0.2) is 5.78 Å². The quantitative estimate of drug-likeness (QED) is 0.591. The fourth-order valence-electron chi connectivity index (χ4n) is 4.34. The first-order chi connectivity index (χ1) is 10.2. The van der Waals surface area contributed by atoms with E-state index in [1.165, 1.54) is 25.7 Å². The third-order valence-corrected chi connectivity index (χ3v) is 5.30. The molecule has 1 aromatic carbocycles. The van der Waals surface area contributed by atoms with Gasteiger partial charge in [-0.05, 0) is 31.1 Å². The molecule has 1 aromatic rings. The minimum Gasteiger partial charge on any atom is -0.374 e. The van der Waals surface area contributed by atoms with Gasteiger partial charge in [0.25, 0.3) is 0 Å². The van der Waals surface area contributed by atoms with Gasteiger partial charge in [0.05, 0.1) is 12.7 Å². The van der Waals surface area contributed by atoms with Gasteiger partial charge >= 0.3 is 0 Å². The minimum atomic E-state index is 0.136. The van der Waals surface area contributed by atoms with E-state index in [0.717, 1.165) is 18.4 Å². The number of ketones is 1. The van der Waals surface area contributed by atoms with Crippen LogP contribution in [0.5, 0.6) is 0 Å². The highest BCUT2D eigenvalue weighted by atomic mass is 16.5. The molecular weight excluding hydrogens is 260 g/mol. The van der Waals surface area contributed by atoms with Crippen molar-refractivity contribution in [2.24, 2.45) is 11.3 Å². The highest BCUT2D eigenvalue weighted by Gasteiger charge is 2.51. The lowest BCUT2D eigenvalue weighted by Gasteiger charge is -2.29. The van der Waals surface area contributed by atoms with Crippen molar-refractivity contribution in [2.45, 2.75) is 44.6 Å². The molecule has 3 rings (SSSR count). The van der Waals surface area contributed by atoms with Crippen LogP contribution in [0, 0.1) is 11.3 Å². The third kappa shape index (κ3) is 2.82. The summed E-state index contributed by atoms with van der Waals surface area (Å²) in [7, 11) is 0. The highest BCUT2D eigenvalue weighted by Crippen LogP contribution is 2.55. The van der Waals surface area contributed by atoms with Gasteiger partial charge in [-0.2, -0.15) is 0 Å². The highest BCUT2D eigenvalue weighted by molar-refractivity contribution is 5.98. The summed E-state index contributed by atoms with van der Waals surface area (Å²) >= 11 is 0. The normalized spacial score (nSPS) is 27.0. The van der Waals surface area contributed by atoms with Crippen LogP contribution in [0.4, 0.5) is 0 Å². The molecule has 0 saturated heterocycles. The van der Waals surface area contributed by atoms with E-state index in [4.69, 9.17) is 4.74 Å². The standard InChI is InChI=1S/C19H24O2/c1-2-12-21-16-13-17(19(14-16)10-6-7-11-19)18(20)15-8-4-3-5-9-15/h2-5,8-9,16-17H,1,6-7,10-14H2. The lowest BCUT2D eigenvalue weighted by atomic mass is 9.73. The second-order valence-corrected chi connectivity index (χ2v) is 6.54. The summed E-state index contributed by atoms with van der Waals surface area (Å²) in [4.78, 5) is 13.0. The number of carbonyl (C=O) groups excluding carboxylic acids is 1. The molecule has 2 fully saturated rings. The van der Waals surface area contributed by atoms with E-state index >= 15 is 0 Å². The SMILES string of the molecule is C=CCOC1CC(C(=O)c2ccccc2)C2(CCCC2)C1. The Morgan fingerprint density at radius 2 is 2.00 bits per heavy atom. The minimum absolute atomic E-state index is 0.136. The zero-order valence-electron chi connectivity index (χ0n) is 12.6. The van der Waals surface area contributed by atoms with Crippen molar-refractivity contribution >= 4 is 5.78 Å². The number of hydrogen-bond acceptors (Lipinski definition) is 2. The molecule has 0 bridgehead atoms. The maximum absolute atomic E-state index is 13.0. The van der Waals surface area contributed by atoms with Crippen LogP contribution in [0.25, 0.3) is 0 Å².